The number of ether oxygens (including phenoxy) is 3. The molecular formula is C29H27N3O6. The minimum Gasteiger partial charge on any atom is -0.489 e. The summed E-state index contributed by atoms with van der Waals surface area (Å²) in [5, 5.41) is 3.09. The average molecular weight is 514 g/mol. The molecule has 0 radical (unpaired) electrons. The molecule has 3 aliphatic heterocycles. The third-order valence-corrected chi connectivity index (χ3v) is 7.21. The number of pyridine rings is 1. The van der Waals surface area contributed by atoms with Gasteiger partial charge in [0, 0.05) is 11.8 Å². The number of esters is 1. The second-order valence-electron chi connectivity index (χ2n) is 9.65. The molecule has 3 aromatic rings. The largest absolute Gasteiger partial charge is 0.489 e. The fraction of sp³-hybridized carbons (Fsp3) is 0.310. The highest BCUT2D eigenvalue weighted by Gasteiger charge is 2.47. The van der Waals surface area contributed by atoms with Crippen LogP contribution >= 0.6 is 0 Å². The summed E-state index contributed by atoms with van der Waals surface area (Å²) in [6.07, 6.45) is 1.56. The first-order valence-corrected chi connectivity index (χ1v) is 12.7. The maximum atomic E-state index is 12.8. The normalized spacial score (nSPS) is 22.2. The highest BCUT2D eigenvalue weighted by atomic mass is 16.6. The van der Waals surface area contributed by atoms with Crippen LogP contribution in [0.2, 0.25) is 0 Å². The van der Waals surface area contributed by atoms with E-state index in [1.807, 2.05) is 60.7 Å². The van der Waals surface area contributed by atoms with Gasteiger partial charge < -0.3 is 19.5 Å². The van der Waals surface area contributed by atoms with Crippen molar-refractivity contribution in [2.24, 2.45) is 0 Å². The first-order chi connectivity index (χ1) is 18.6. The Balaban J connectivity index is 1.13. The molecule has 1 N–H and O–H groups in total. The zero-order valence-corrected chi connectivity index (χ0v) is 20.7. The first kappa shape index (κ1) is 24.1. The Morgan fingerprint density at radius 3 is 2.71 bits per heavy atom. The third-order valence-electron chi connectivity index (χ3n) is 7.21. The Labute approximate surface area is 219 Å². The van der Waals surface area contributed by atoms with Gasteiger partial charge in [0.2, 0.25) is 0 Å². The van der Waals surface area contributed by atoms with E-state index in [4.69, 9.17) is 14.2 Å². The monoisotopic (exact) mass is 513 g/mol. The number of hydrogen-bond acceptors (Lipinski definition) is 8. The molecule has 2 fully saturated rings. The number of aromatic nitrogens is 1. The number of nitrogens with one attached hydrogen (secondary N) is 1. The van der Waals surface area contributed by atoms with Crippen LogP contribution in [0.15, 0.2) is 66.9 Å². The van der Waals surface area contributed by atoms with E-state index in [2.05, 4.69) is 10.3 Å². The van der Waals surface area contributed by atoms with Gasteiger partial charge in [-0.15, -0.1) is 0 Å². The summed E-state index contributed by atoms with van der Waals surface area (Å²) in [5.41, 5.74) is 4.02. The van der Waals surface area contributed by atoms with Gasteiger partial charge in [-0.05, 0) is 42.3 Å². The number of nitrogens with zero attached hydrogens (tertiary/aromatic N) is 2. The highest BCUT2D eigenvalue weighted by Crippen LogP contribution is 2.41. The number of ketones is 1. The lowest BCUT2D eigenvalue weighted by molar-refractivity contribution is -0.145. The fourth-order valence-electron chi connectivity index (χ4n) is 5.18. The first-order valence-electron chi connectivity index (χ1n) is 12.7. The van der Waals surface area contributed by atoms with E-state index in [-0.39, 0.29) is 37.3 Å². The topological polar surface area (TPSA) is 107 Å². The molecule has 1 amide bonds. The average Bonchev–Trinajstić information content (AvgIpc) is 3.28. The Morgan fingerprint density at radius 2 is 1.92 bits per heavy atom. The van der Waals surface area contributed by atoms with Crippen molar-refractivity contribution >= 4 is 23.5 Å². The van der Waals surface area contributed by atoms with E-state index in [0.29, 0.717) is 18.0 Å². The molecule has 1 unspecified atom stereocenters. The Morgan fingerprint density at radius 1 is 1.08 bits per heavy atom. The molecule has 9 heteroatoms. The van der Waals surface area contributed by atoms with Crippen LogP contribution in [0.4, 0.5) is 10.5 Å². The molecule has 2 aromatic carbocycles. The molecule has 6 rings (SSSR count). The van der Waals surface area contributed by atoms with Gasteiger partial charge >= 0.3 is 12.1 Å². The van der Waals surface area contributed by atoms with Crippen LogP contribution in [-0.2, 0) is 25.5 Å². The molecule has 3 aliphatic rings. The van der Waals surface area contributed by atoms with Crippen molar-refractivity contribution < 1.29 is 28.6 Å². The lowest BCUT2D eigenvalue weighted by Gasteiger charge is -2.31. The van der Waals surface area contributed by atoms with Gasteiger partial charge in [0.15, 0.2) is 11.9 Å². The molecule has 3 atom stereocenters. The number of carbonyl (C=O) groups excluding carboxylic acids is 3. The van der Waals surface area contributed by atoms with Gasteiger partial charge in [0.1, 0.15) is 25.0 Å². The summed E-state index contributed by atoms with van der Waals surface area (Å²) in [6.45, 7) is 1.37. The van der Waals surface area contributed by atoms with Crippen molar-refractivity contribution in [2.75, 3.05) is 31.2 Å². The summed E-state index contributed by atoms with van der Waals surface area (Å²) in [6, 6.07) is 18.4. The van der Waals surface area contributed by atoms with Crippen LogP contribution in [-0.4, -0.2) is 61.3 Å². The molecule has 38 heavy (non-hydrogen) atoms. The quantitative estimate of drug-likeness (QED) is 0.501. The molecule has 0 bridgehead atoms. The third kappa shape index (κ3) is 4.72. The number of anilines is 1. The molecule has 0 saturated carbocycles. The smallest absolute Gasteiger partial charge is 0.415 e. The van der Waals surface area contributed by atoms with Crippen LogP contribution in [0.3, 0.4) is 0 Å². The molecule has 2 saturated heterocycles. The fourth-order valence-corrected chi connectivity index (χ4v) is 5.18. The van der Waals surface area contributed by atoms with E-state index >= 15 is 0 Å². The van der Waals surface area contributed by atoms with Crippen molar-refractivity contribution in [1.82, 2.24) is 10.3 Å². The van der Waals surface area contributed by atoms with E-state index in [1.54, 1.807) is 11.1 Å². The van der Waals surface area contributed by atoms with E-state index in [9.17, 15) is 14.4 Å². The van der Waals surface area contributed by atoms with E-state index < -0.39 is 18.2 Å². The molecular weight excluding hydrogens is 486 g/mol. The number of amides is 1. The van der Waals surface area contributed by atoms with Crippen molar-refractivity contribution in [1.29, 1.82) is 0 Å². The van der Waals surface area contributed by atoms with Crippen LogP contribution in [0, 0.1) is 0 Å². The molecule has 9 nitrogen and oxygen atoms in total. The van der Waals surface area contributed by atoms with Gasteiger partial charge in [-0.3, -0.25) is 19.5 Å². The number of carbonyl (C=O) groups is 3. The van der Waals surface area contributed by atoms with Gasteiger partial charge in [-0.2, -0.15) is 0 Å². The Hall–Kier alpha value is -4.24. The lowest BCUT2D eigenvalue weighted by Crippen LogP contribution is -2.45. The number of piperidine rings is 1. The van der Waals surface area contributed by atoms with Crippen LogP contribution in [0.5, 0.6) is 5.75 Å². The molecule has 1 aromatic heterocycles. The lowest BCUT2D eigenvalue weighted by atomic mass is 9.92. The second kappa shape index (κ2) is 10.3. The summed E-state index contributed by atoms with van der Waals surface area (Å²) in [5.74, 6) is 0.183. The van der Waals surface area contributed by atoms with Crippen molar-refractivity contribution in [3.8, 4) is 16.9 Å². The summed E-state index contributed by atoms with van der Waals surface area (Å²) < 4.78 is 17.0. The highest BCUT2D eigenvalue weighted by molar-refractivity contribution is 5.94. The number of fused-ring (bicyclic) bond motifs is 3. The van der Waals surface area contributed by atoms with E-state index in [1.165, 1.54) is 0 Å². The second-order valence-corrected chi connectivity index (χ2v) is 9.65. The van der Waals surface area contributed by atoms with Crippen LogP contribution in [0.25, 0.3) is 11.1 Å². The maximum Gasteiger partial charge on any atom is 0.415 e. The van der Waals surface area contributed by atoms with Gasteiger partial charge in [-0.25, -0.2) is 4.79 Å². The van der Waals surface area contributed by atoms with Crippen molar-refractivity contribution in [3.05, 3.63) is 78.1 Å². The van der Waals surface area contributed by atoms with Gasteiger partial charge in [0.25, 0.3) is 0 Å². The zero-order valence-electron chi connectivity index (χ0n) is 20.7. The molecule has 0 aliphatic carbocycles. The maximum absolute atomic E-state index is 12.8. The summed E-state index contributed by atoms with van der Waals surface area (Å²) in [4.78, 5) is 43.4. The predicted molar refractivity (Wildman–Crippen MR) is 138 cm³/mol. The molecule has 194 valence electrons. The number of Topliss-reactive ketones (excluding diaryl/α,β-unsaturated/α-hetero) is 1. The minimum absolute atomic E-state index is 0.0348. The summed E-state index contributed by atoms with van der Waals surface area (Å²) in [7, 11) is 0. The number of rotatable bonds is 6. The summed E-state index contributed by atoms with van der Waals surface area (Å²) >= 11 is 0. The van der Waals surface area contributed by atoms with Crippen molar-refractivity contribution in [2.45, 2.75) is 30.9 Å². The zero-order chi connectivity index (χ0) is 26.1. The van der Waals surface area contributed by atoms with Gasteiger partial charge in [0.05, 0.1) is 30.3 Å². The van der Waals surface area contributed by atoms with Crippen molar-refractivity contribution in [3.63, 3.8) is 0 Å². The number of benzene rings is 2. The standard InChI is InChI=1S/C29H27N3O6/c33-25-15-30-11-10-21(25)22-8-6-20(14-31-22)19-7-9-23-26(13-19)36-16-24-27(38-29(35)32(23)24)17-37-28(34)12-18-4-2-1-3-5-18/h1-9,13-14,21,24,27,30H,10-12,15-17H2/t21?,24-,27-/m0/s1. The predicted octanol–water partition coefficient (Wildman–Crippen LogP) is 3.27. The van der Waals surface area contributed by atoms with E-state index in [0.717, 1.165) is 35.3 Å². The SMILES string of the molecule is O=C(Cc1ccccc1)OC[C@@H]1OC(=O)N2c3ccc(-c4ccc(C5CCNCC5=O)nc4)cc3OC[C@@H]12. The molecule has 4 heterocycles. The molecule has 0 spiro atoms. The number of hydrogen-bond donors (Lipinski definition) is 1. The van der Waals surface area contributed by atoms with Crippen LogP contribution in [0.1, 0.15) is 23.6 Å². The Bertz CT molecular complexity index is 1360. The van der Waals surface area contributed by atoms with Crippen LogP contribution < -0.4 is 15.0 Å². The number of cyclic esters (lactones) is 1. The Kier molecular flexibility index (Phi) is 6.51. The minimum atomic E-state index is -0.621. The van der Waals surface area contributed by atoms with Gasteiger partial charge in [-0.1, -0.05) is 42.5 Å².